The SMILES string of the molecule is CO[C@H]1O[C@H](CO[Si](c2ccccc2)(c2ccccc2)C(C)(C)C)[C@@H](OCc2ccccc2)[C@H](OCc2ccccc2)[C@@H]1OCc1ccccc1. The standard InChI is InChI=1S/C44H50O6Si/c1-44(2,3)51(37-26-16-8-17-27-37,38-28-18-9-19-29-38)49-33-39-40(46-30-34-20-10-5-11-21-34)41(47-31-35-22-12-6-13-23-35)42(43(45-4)50-39)48-32-36-24-14-7-15-25-36/h5-29,39-43H,30-33H2,1-4H3/t39-,40-,41+,42+,43+/m1/s1. The molecular formula is C44H50O6Si. The molecule has 0 aliphatic carbocycles. The average molecular weight is 703 g/mol. The van der Waals surface area contributed by atoms with Crippen LogP contribution in [0.1, 0.15) is 37.5 Å². The van der Waals surface area contributed by atoms with Crippen LogP contribution in [0.4, 0.5) is 0 Å². The molecule has 1 aliphatic heterocycles. The Hall–Kier alpha value is -3.92. The molecule has 1 aliphatic rings. The minimum absolute atomic E-state index is 0.212. The molecule has 0 radical (unpaired) electrons. The summed E-state index contributed by atoms with van der Waals surface area (Å²) in [6.45, 7) is 8.22. The fourth-order valence-electron chi connectivity index (χ4n) is 7.04. The van der Waals surface area contributed by atoms with Gasteiger partial charge in [-0.2, -0.15) is 0 Å². The predicted octanol–water partition coefficient (Wildman–Crippen LogP) is 7.69. The Balaban J connectivity index is 1.38. The van der Waals surface area contributed by atoms with Gasteiger partial charge in [0.15, 0.2) is 6.29 Å². The maximum atomic E-state index is 7.44. The van der Waals surface area contributed by atoms with Gasteiger partial charge in [-0.05, 0) is 32.1 Å². The minimum atomic E-state index is -2.90. The molecule has 1 heterocycles. The molecule has 0 bridgehead atoms. The lowest BCUT2D eigenvalue weighted by molar-refractivity contribution is -0.320. The smallest absolute Gasteiger partial charge is 0.261 e. The predicted molar refractivity (Wildman–Crippen MR) is 204 cm³/mol. The van der Waals surface area contributed by atoms with Gasteiger partial charge < -0.3 is 28.1 Å². The Morgan fingerprint density at radius 2 is 0.882 bits per heavy atom. The summed E-state index contributed by atoms with van der Waals surface area (Å²) in [5.41, 5.74) is 3.16. The zero-order valence-electron chi connectivity index (χ0n) is 30.1. The molecule has 0 N–H and O–H groups in total. The third-order valence-corrected chi connectivity index (χ3v) is 14.6. The molecule has 6 rings (SSSR count). The van der Waals surface area contributed by atoms with Crippen molar-refractivity contribution in [1.82, 2.24) is 0 Å². The normalized spacial score (nSPS) is 21.0. The first-order valence-electron chi connectivity index (χ1n) is 17.8. The molecule has 51 heavy (non-hydrogen) atoms. The van der Waals surface area contributed by atoms with Gasteiger partial charge in [0, 0.05) is 7.11 Å². The van der Waals surface area contributed by atoms with E-state index in [2.05, 4.69) is 118 Å². The first-order valence-corrected chi connectivity index (χ1v) is 19.7. The van der Waals surface area contributed by atoms with Crippen LogP contribution in [0.2, 0.25) is 5.04 Å². The summed E-state index contributed by atoms with van der Waals surface area (Å²) in [6, 6.07) is 51.8. The number of methoxy groups -OCH3 is 1. The lowest BCUT2D eigenvalue weighted by Crippen LogP contribution is -2.68. The topological polar surface area (TPSA) is 55.4 Å². The number of hydrogen-bond acceptors (Lipinski definition) is 6. The monoisotopic (exact) mass is 702 g/mol. The van der Waals surface area contributed by atoms with E-state index < -0.39 is 39.0 Å². The van der Waals surface area contributed by atoms with Crippen molar-refractivity contribution in [3.63, 3.8) is 0 Å². The molecule has 7 heteroatoms. The summed E-state index contributed by atoms with van der Waals surface area (Å²) in [7, 11) is -1.24. The van der Waals surface area contributed by atoms with E-state index in [4.69, 9.17) is 28.1 Å². The van der Waals surface area contributed by atoms with Gasteiger partial charge in [-0.3, -0.25) is 0 Å². The largest absolute Gasteiger partial charge is 0.405 e. The molecule has 5 aromatic carbocycles. The van der Waals surface area contributed by atoms with Crippen LogP contribution in [-0.4, -0.2) is 52.7 Å². The van der Waals surface area contributed by atoms with Crippen LogP contribution in [-0.2, 0) is 47.9 Å². The first-order chi connectivity index (χ1) is 24.9. The van der Waals surface area contributed by atoms with Crippen molar-refractivity contribution in [2.45, 2.75) is 76.3 Å². The van der Waals surface area contributed by atoms with Crippen molar-refractivity contribution >= 4 is 18.7 Å². The molecule has 1 saturated heterocycles. The van der Waals surface area contributed by atoms with Gasteiger partial charge in [-0.25, -0.2) is 0 Å². The quantitative estimate of drug-likeness (QED) is 0.104. The average Bonchev–Trinajstić information content (AvgIpc) is 3.17. The Morgan fingerprint density at radius 3 is 1.27 bits per heavy atom. The Bertz CT molecular complexity index is 1680. The molecule has 6 nitrogen and oxygen atoms in total. The molecule has 0 aromatic heterocycles. The molecule has 0 spiro atoms. The van der Waals surface area contributed by atoms with E-state index in [1.54, 1.807) is 7.11 Å². The van der Waals surface area contributed by atoms with Gasteiger partial charge in [-0.15, -0.1) is 0 Å². The van der Waals surface area contributed by atoms with Crippen molar-refractivity contribution in [3.8, 4) is 0 Å². The number of rotatable bonds is 15. The highest BCUT2D eigenvalue weighted by Gasteiger charge is 2.53. The van der Waals surface area contributed by atoms with E-state index in [1.165, 1.54) is 10.4 Å². The zero-order valence-corrected chi connectivity index (χ0v) is 31.1. The van der Waals surface area contributed by atoms with E-state index in [0.717, 1.165) is 16.7 Å². The maximum absolute atomic E-state index is 7.44. The second-order valence-corrected chi connectivity index (χ2v) is 18.3. The fourth-order valence-corrected chi connectivity index (χ4v) is 11.6. The molecular weight excluding hydrogens is 653 g/mol. The molecule has 0 saturated carbocycles. The second-order valence-electron chi connectivity index (χ2n) is 14.0. The summed E-state index contributed by atoms with van der Waals surface area (Å²) in [5, 5.41) is 2.19. The second kappa shape index (κ2) is 17.5. The van der Waals surface area contributed by atoms with Crippen molar-refractivity contribution in [2.24, 2.45) is 0 Å². The van der Waals surface area contributed by atoms with Crippen LogP contribution in [0.15, 0.2) is 152 Å². The molecule has 1 fully saturated rings. The van der Waals surface area contributed by atoms with Crippen LogP contribution in [0.25, 0.3) is 0 Å². The summed E-state index contributed by atoms with van der Waals surface area (Å²) >= 11 is 0. The Kier molecular flexibility index (Phi) is 12.7. The van der Waals surface area contributed by atoms with Gasteiger partial charge in [0.1, 0.15) is 24.4 Å². The van der Waals surface area contributed by atoms with E-state index in [9.17, 15) is 0 Å². The van der Waals surface area contributed by atoms with Crippen molar-refractivity contribution in [2.75, 3.05) is 13.7 Å². The molecule has 0 unspecified atom stereocenters. The number of ether oxygens (including phenoxy) is 5. The maximum Gasteiger partial charge on any atom is 0.261 e. The van der Waals surface area contributed by atoms with Crippen molar-refractivity contribution in [1.29, 1.82) is 0 Å². The lowest BCUT2D eigenvalue weighted by atomic mass is 9.98. The highest BCUT2D eigenvalue weighted by Crippen LogP contribution is 2.38. The van der Waals surface area contributed by atoms with Crippen LogP contribution in [0.5, 0.6) is 0 Å². The fraction of sp³-hybridized carbons (Fsp3) is 0.318. The summed E-state index contributed by atoms with van der Waals surface area (Å²) in [6.07, 6.45) is -2.91. The van der Waals surface area contributed by atoms with Crippen LogP contribution in [0, 0.1) is 0 Å². The molecule has 5 atom stereocenters. The summed E-state index contributed by atoms with van der Waals surface area (Å²) in [5.74, 6) is 0. The van der Waals surface area contributed by atoms with E-state index in [0.29, 0.717) is 19.8 Å². The van der Waals surface area contributed by atoms with Crippen LogP contribution in [0.3, 0.4) is 0 Å². The highest BCUT2D eigenvalue weighted by atomic mass is 28.4. The van der Waals surface area contributed by atoms with Gasteiger partial charge in [-0.1, -0.05) is 172 Å². The zero-order chi connectivity index (χ0) is 35.5. The minimum Gasteiger partial charge on any atom is -0.405 e. The van der Waals surface area contributed by atoms with E-state index in [1.807, 2.05) is 54.6 Å². The van der Waals surface area contributed by atoms with Gasteiger partial charge in [0.25, 0.3) is 8.32 Å². The first kappa shape index (κ1) is 36.9. The molecule has 5 aromatic rings. The Morgan fingerprint density at radius 1 is 0.510 bits per heavy atom. The highest BCUT2D eigenvalue weighted by molar-refractivity contribution is 6.99. The molecule has 0 amide bonds. The Labute approximate surface area is 304 Å². The van der Waals surface area contributed by atoms with Gasteiger partial charge >= 0.3 is 0 Å². The van der Waals surface area contributed by atoms with Crippen LogP contribution < -0.4 is 10.4 Å². The third kappa shape index (κ3) is 8.94. The number of hydrogen-bond donors (Lipinski definition) is 0. The molecule has 266 valence electrons. The number of benzene rings is 5. The summed E-state index contributed by atoms with van der Waals surface area (Å²) in [4.78, 5) is 0. The van der Waals surface area contributed by atoms with Crippen LogP contribution >= 0.6 is 0 Å². The summed E-state index contributed by atoms with van der Waals surface area (Å²) < 4.78 is 40.7. The third-order valence-electron chi connectivity index (χ3n) is 9.56. The van der Waals surface area contributed by atoms with Gasteiger partial charge in [0.2, 0.25) is 0 Å². The van der Waals surface area contributed by atoms with Crippen molar-refractivity contribution < 1.29 is 28.1 Å². The lowest BCUT2D eigenvalue weighted by Gasteiger charge is -2.48. The van der Waals surface area contributed by atoms with Crippen molar-refractivity contribution in [3.05, 3.63) is 168 Å². The van der Waals surface area contributed by atoms with E-state index >= 15 is 0 Å². The van der Waals surface area contributed by atoms with Gasteiger partial charge in [0.05, 0.1) is 26.4 Å². The van der Waals surface area contributed by atoms with E-state index in [-0.39, 0.29) is 11.6 Å².